The summed E-state index contributed by atoms with van der Waals surface area (Å²) in [5, 5.41) is 0. The molecule has 0 atom stereocenters. The molecule has 0 aliphatic rings. The van der Waals surface area contributed by atoms with Crippen molar-refractivity contribution in [1.29, 1.82) is 0 Å². The number of hydrogen-bond donors (Lipinski definition) is 0. The molecule has 2 aromatic carbocycles. The summed E-state index contributed by atoms with van der Waals surface area (Å²) in [5.74, 6) is 0. The monoisotopic (exact) mass is 304 g/mol. The molecule has 0 radical (unpaired) electrons. The molecule has 0 heterocycles. The van der Waals surface area contributed by atoms with Gasteiger partial charge in [0.1, 0.15) is 0 Å². The second-order valence-corrected chi connectivity index (χ2v) is 6.54. The molecule has 0 saturated carbocycles. The summed E-state index contributed by atoms with van der Waals surface area (Å²) in [6.07, 6.45) is 0. The van der Waals surface area contributed by atoms with Gasteiger partial charge in [0.05, 0.1) is 0 Å². The van der Waals surface area contributed by atoms with Gasteiger partial charge in [-0.15, -0.1) is 0 Å². The third-order valence-corrected chi connectivity index (χ3v) is 5.58. The van der Waals surface area contributed by atoms with Crippen LogP contribution in [0.25, 0.3) is 0 Å². The van der Waals surface area contributed by atoms with E-state index in [0.717, 1.165) is 0 Å². The molecular formula is C14H18SiZr. The summed E-state index contributed by atoms with van der Waals surface area (Å²) in [5.41, 5.74) is 3.03. The molecule has 0 fully saturated rings. The minimum atomic E-state index is -0.258. The summed E-state index contributed by atoms with van der Waals surface area (Å²) >= 11 is -0.258. The van der Waals surface area contributed by atoms with Crippen LogP contribution in [0.1, 0.15) is 11.1 Å². The normalized spacial score (nSPS) is 9.25. The van der Waals surface area contributed by atoms with Gasteiger partial charge in [-0.2, -0.15) is 0 Å². The Labute approximate surface area is 114 Å². The molecule has 0 nitrogen and oxygen atoms in total. The van der Waals surface area contributed by atoms with Crippen LogP contribution in [0, 0.1) is 0 Å². The van der Waals surface area contributed by atoms with Crippen LogP contribution >= 0.6 is 0 Å². The predicted octanol–water partition coefficient (Wildman–Crippen LogP) is 2.02. The molecule has 2 aromatic rings. The molecular weight excluding hydrogens is 287 g/mol. The van der Waals surface area contributed by atoms with Gasteiger partial charge >= 0.3 is 103 Å². The zero-order valence-corrected chi connectivity index (χ0v) is 11.1. The summed E-state index contributed by atoms with van der Waals surface area (Å²) < 4.78 is 2.69. The Kier molecular flexibility index (Phi) is 6.59. The molecule has 0 aliphatic heterocycles. The Balaban J connectivity index is 0.00000128. The summed E-state index contributed by atoms with van der Waals surface area (Å²) in [6.45, 7) is 0. The van der Waals surface area contributed by atoms with Crippen LogP contribution < -0.4 is 0 Å². The van der Waals surface area contributed by atoms with E-state index in [1.807, 2.05) is 0 Å². The van der Waals surface area contributed by atoms with E-state index in [-0.39, 0.29) is 34.2 Å². The molecule has 2 rings (SSSR count). The van der Waals surface area contributed by atoms with E-state index in [1.165, 1.54) is 19.4 Å². The van der Waals surface area contributed by atoms with Gasteiger partial charge < -0.3 is 0 Å². The maximum atomic E-state index is 2.24. The Morgan fingerprint density at radius 3 is 1.38 bits per heavy atom. The van der Waals surface area contributed by atoms with Gasteiger partial charge in [0.15, 0.2) is 0 Å². The molecule has 0 N–H and O–H groups in total. The standard InChI is InChI=1S/2C7H7.H4Si.Zr/c2*1-7-5-3-2-4-6-7;;/h2*2-6H,1H2;1H4;. The predicted molar refractivity (Wildman–Crippen MR) is 71.6 cm³/mol. The van der Waals surface area contributed by atoms with Crippen molar-refractivity contribution in [3.8, 4) is 0 Å². The quantitative estimate of drug-likeness (QED) is 0.758. The van der Waals surface area contributed by atoms with Gasteiger partial charge in [0, 0.05) is 0 Å². The average Bonchev–Trinajstić information content (AvgIpc) is 2.32. The molecule has 0 aliphatic carbocycles. The van der Waals surface area contributed by atoms with Crippen molar-refractivity contribution in [2.24, 2.45) is 0 Å². The zero-order chi connectivity index (χ0) is 10.3. The first-order chi connectivity index (χ1) is 7.45. The molecule has 0 unspecified atom stereocenters. The van der Waals surface area contributed by atoms with Crippen molar-refractivity contribution < 1.29 is 23.2 Å². The van der Waals surface area contributed by atoms with Crippen LogP contribution in [0.3, 0.4) is 0 Å². The third-order valence-electron chi connectivity index (χ3n) is 2.34. The van der Waals surface area contributed by atoms with Gasteiger partial charge in [-0.1, -0.05) is 0 Å². The van der Waals surface area contributed by atoms with E-state index in [4.69, 9.17) is 0 Å². The van der Waals surface area contributed by atoms with Crippen LogP contribution in [0.15, 0.2) is 60.7 Å². The fourth-order valence-corrected chi connectivity index (χ4v) is 4.43. The first-order valence-electron chi connectivity index (χ1n) is 5.24. The van der Waals surface area contributed by atoms with Crippen molar-refractivity contribution in [2.45, 2.75) is 8.26 Å². The van der Waals surface area contributed by atoms with E-state index in [9.17, 15) is 0 Å². The van der Waals surface area contributed by atoms with Gasteiger partial charge in [-0.25, -0.2) is 0 Å². The Morgan fingerprint density at radius 2 is 1.00 bits per heavy atom. The van der Waals surface area contributed by atoms with E-state index >= 15 is 0 Å². The molecule has 82 valence electrons. The van der Waals surface area contributed by atoms with Crippen molar-refractivity contribution >= 4 is 11.0 Å². The van der Waals surface area contributed by atoms with Gasteiger partial charge in [-0.3, -0.25) is 0 Å². The van der Waals surface area contributed by atoms with E-state index < -0.39 is 0 Å². The average molecular weight is 306 g/mol. The van der Waals surface area contributed by atoms with Crippen molar-refractivity contribution in [3.63, 3.8) is 0 Å². The Morgan fingerprint density at radius 1 is 0.625 bits per heavy atom. The number of hydrogen-bond acceptors (Lipinski definition) is 0. The van der Waals surface area contributed by atoms with Gasteiger partial charge in [0.2, 0.25) is 0 Å². The molecule has 2 heteroatoms. The first-order valence-corrected chi connectivity index (χ1v) is 8.71. The van der Waals surface area contributed by atoms with Crippen LogP contribution in [0.5, 0.6) is 0 Å². The second-order valence-electron chi connectivity index (χ2n) is 3.57. The van der Waals surface area contributed by atoms with E-state index in [1.54, 1.807) is 0 Å². The van der Waals surface area contributed by atoms with E-state index in [0.29, 0.717) is 0 Å². The molecule has 0 aromatic heterocycles. The maximum absolute atomic E-state index is 2.24. The SMILES string of the molecule is [SiH4].c1ccc([CH2][Zr][CH2]c2ccccc2)cc1. The van der Waals surface area contributed by atoms with E-state index in [2.05, 4.69) is 60.7 Å². The molecule has 0 spiro atoms. The van der Waals surface area contributed by atoms with Crippen LogP contribution in [0.2, 0.25) is 0 Å². The van der Waals surface area contributed by atoms with Crippen molar-refractivity contribution in [3.05, 3.63) is 71.8 Å². The van der Waals surface area contributed by atoms with Crippen LogP contribution in [-0.2, 0) is 31.5 Å². The van der Waals surface area contributed by atoms with Crippen LogP contribution in [0.4, 0.5) is 0 Å². The minimum absolute atomic E-state index is 0. The first kappa shape index (κ1) is 13.6. The summed E-state index contributed by atoms with van der Waals surface area (Å²) in [4.78, 5) is 0. The summed E-state index contributed by atoms with van der Waals surface area (Å²) in [6, 6.07) is 21.7. The Bertz CT molecular complexity index is 346. The van der Waals surface area contributed by atoms with Crippen LogP contribution in [-0.4, -0.2) is 11.0 Å². The number of benzene rings is 2. The Hall–Kier alpha value is -0.460. The molecule has 0 saturated heterocycles. The second kappa shape index (κ2) is 7.76. The topological polar surface area (TPSA) is 0 Å². The van der Waals surface area contributed by atoms with Crippen molar-refractivity contribution in [2.75, 3.05) is 0 Å². The molecule has 0 bridgehead atoms. The van der Waals surface area contributed by atoms with Gasteiger partial charge in [0.25, 0.3) is 0 Å². The third kappa shape index (κ3) is 4.59. The molecule has 0 amide bonds. The molecule has 16 heavy (non-hydrogen) atoms. The van der Waals surface area contributed by atoms with Gasteiger partial charge in [-0.05, 0) is 11.0 Å². The zero-order valence-electron chi connectivity index (χ0n) is 8.69. The van der Waals surface area contributed by atoms with Crippen molar-refractivity contribution in [1.82, 2.24) is 0 Å². The summed E-state index contributed by atoms with van der Waals surface area (Å²) in [7, 11) is 0. The fraction of sp³-hybridized carbons (Fsp3) is 0.143. The fourth-order valence-electron chi connectivity index (χ4n) is 1.54. The number of rotatable bonds is 4.